The van der Waals surface area contributed by atoms with Gasteiger partial charge in [0, 0.05) is 32.4 Å². The number of hydrogen-bond acceptors (Lipinski definition) is 7. The van der Waals surface area contributed by atoms with E-state index in [-0.39, 0.29) is 10.9 Å². The van der Waals surface area contributed by atoms with Gasteiger partial charge in [-0.25, -0.2) is 13.4 Å². The van der Waals surface area contributed by atoms with Crippen LogP contribution in [0.15, 0.2) is 17.3 Å². The zero-order valence-corrected chi connectivity index (χ0v) is 16.2. The fourth-order valence-electron chi connectivity index (χ4n) is 3.10. The maximum absolute atomic E-state index is 12.6. The molecule has 1 aliphatic rings. The Morgan fingerprint density at radius 3 is 2.42 bits per heavy atom. The molecule has 0 atom stereocenters. The molecule has 0 aromatic carbocycles. The maximum atomic E-state index is 12.6. The van der Waals surface area contributed by atoms with Crippen LogP contribution in [0.25, 0.3) is 0 Å². The molecule has 10 heteroatoms. The standard InChI is InChI=1S/C16H25N7O2S/c1-4-14-15(5-2)20-21-16(19-14)18-12-6-8-23(9-7-12)26(24,25)13-10-17-22(3)11-13/h10-12H,4-9H2,1-3H3,(H,18,19,21). The van der Waals surface area contributed by atoms with Crippen LogP contribution in [0.1, 0.15) is 38.1 Å². The molecule has 0 aliphatic carbocycles. The minimum absolute atomic E-state index is 0.134. The summed E-state index contributed by atoms with van der Waals surface area (Å²) in [4.78, 5) is 4.78. The van der Waals surface area contributed by atoms with Gasteiger partial charge in [0.25, 0.3) is 0 Å². The number of aryl methyl sites for hydroxylation is 3. The minimum Gasteiger partial charge on any atom is -0.350 e. The third kappa shape index (κ3) is 3.85. The zero-order valence-electron chi connectivity index (χ0n) is 15.4. The van der Waals surface area contributed by atoms with Gasteiger partial charge in [0.2, 0.25) is 16.0 Å². The Morgan fingerprint density at radius 2 is 1.85 bits per heavy atom. The number of nitrogens with one attached hydrogen (secondary N) is 1. The number of anilines is 1. The summed E-state index contributed by atoms with van der Waals surface area (Å²) in [6.07, 6.45) is 5.93. The minimum atomic E-state index is -3.48. The van der Waals surface area contributed by atoms with Crippen LogP contribution >= 0.6 is 0 Å². The van der Waals surface area contributed by atoms with Crippen LogP contribution in [0.4, 0.5) is 5.95 Å². The molecule has 1 saturated heterocycles. The average Bonchev–Trinajstić information content (AvgIpc) is 3.09. The summed E-state index contributed by atoms with van der Waals surface area (Å²) in [5.41, 5.74) is 1.89. The largest absolute Gasteiger partial charge is 0.350 e. The van der Waals surface area contributed by atoms with Gasteiger partial charge in [-0.1, -0.05) is 13.8 Å². The topological polar surface area (TPSA) is 106 Å². The Bertz CT molecular complexity index is 857. The van der Waals surface area contributed by atoms with Crippen LogP contribution in [0.5, 0.6) is 0 Å². The monoisotopic (exact) mass is 379 g/mol. The van der Waals surface area contributed by atoms with E-state index in [2.05, 4.69) is 32.5 Å². The van der Waals surface area contributed by atoms with Gasteiger partial charge in [0.1, 0.15) is 4.90 Å². The van der Waals surface area contributed by atoms with E-state index < -0.39 is 10.0 Å². The molecule has 0 amide bonds. The second-order valence-corrected chi connectivity index (χ2v) is 8.35. The summed E-state index contributed by atoms with van der Waals surface area (Å²) in [5.74, 6) is 0.521. The molecular weight excluding hydrogens is 354 g/mol. The highest BCUT2D eigenvalue weighted by molar-refractivity contribution is 7.89. The van der Waals surface area contributed by atoms with E-state index in [1.807, 2.05) is 6.92 Å². The zero-order chi connectivity index (χ0) is 18.7. The van der Waals surface area contributed by atoms with E-state index in [0.717, 1.165) is 24.2 Å². The molecule has 0 bridgehead atoms. The van der Waals surface area contributed by atoms with Crippen molar-refractivity contribution in [3.8, 4) is 0 Å². The first-order chi connectivity index (χ1) is 12.4. The SMILES string of the molecule is CCc1nnc(NC2CCN(S(=O)(=O)c3cnn(C)c3)CC2)nc1CC. The molecule has 2 aromatic rings. The van der Waals surface area contributed by atoms with Crippen molar-refractivity contribution >= 4 is 16.0 Å². The maximum Gasteiger partial charge on any atom is 0.246 e. The molecule has 0 unspecified atom stereocenters. The molecule has 1 N–H and O–H groups in total. The molecule has 0 radical (unpaired) electrons. The third-order valence-corrected chi connectivity index (χ3v) is 6.47. The van der Waals surface area contributed by atoms with Crippen molar-refractivity contribution in [3.63, 3.8) is 0 Å². The third-order valence-electron chi connectivity index (χ3n) is 4.62. The van der Waals surface area contributed by atoms with Gasteiger partial charge in [0.05, 0.1) is 17.6 Å². The molecule has 26 heavy (non-hydrogen) atoms. The number of rotatable bonds is 6. The number of sulfonamides is 1. The van der Waals surface area contributed by atoms with Gasteiger partial charge in [-0.3, -0.25) is 4.68 Å². The lowest BCUT2D eigenvalue weighted by Gasteiger charge is -2.31. The normalized spacial score (nSPS) is 16.7. The Labute approximate surface area is 153 Å². The van der Waals surface area contributed by atoms with Crippen molar-refractivity contribution in [1.82, 2.24) is 29.3 Å². The first kappa shape index (κ1) is 18.7. The molecule has 2 aromatic heterocycles. The van der Waals surface area contributed by atoms with Crippen LogP contribution in [-0.2, 0) is 29.9 Å². The first-order valence-electron chi connectivity index (χ1n) is 8.91. The summed E-state index contributed by atoms with van der Waals surface area (Å²) in [5, 5.41) is 15.6. The van der Waals surface area contributed by atoms with E-state index in [4.69, 9.17) is 0 Å². The number of nitrogens with zero attached hydrogens (tertiary/aromatic N) is 6. The van der Waals surface area contributed by atoms with Crippen LogP contribution in [0, 0.1) is 0 Å². The van der Waals surface area contributed by atoms with E-state index in [1.54, 1.807) is 7.05 Å². The first-order valence-corrected chi connectivity index (χ1v) is 10.4. The van der Waals surface area contributed by atoms with Crippen molar-refractivity contribution in [2.24, 2.45) is 7.05 Å². The summed E-state index contributed by atoms with van der Waals surface area (Å²) in [6.45, 7) is 5.00. The van der Waals surface area contributed by atoms with Crippen LogP contribution < -0.4 is 5.32 Å². The van der Waals surface area contributed by atoms with E-state index in [0.29, 0.717) is 31.9 Å². The van der Waals surface area contributed by atoms with Gasteiger partial charge < -0.3 is 5.32 Å². The van der Waals surface area contributed by atoms with Gasteiger partial charge >= 0.3 is 0 Å². The Kier molecular flexibility index (Phi) is 5.52. The summed E-state index contributed by atoms with van der Waals surface area (Å²) >= 11 is 0. The molecule has 3 rings (SSSR count). The predicted octanol–water partition coefficient (Wildman–Crippen LogP) is 0.995. The fraction of sp³-hybridized carbons (Fsp3) is 0.625. The number of piperidine rings is 1. The second-order valence-electron chi connectivity index (χ2n) is 6.41. The lowest BCUT2D eigenvalue weighted by atomic mass is 10.1. The van der Waals surface area contributed by atoms with Crippen LogP contribution in [0.3, 0.4) is 0 Å². The highest BCUT2D eigenvalue weighted by atomic mass is 32.2. The van der Waals surface area contributed by atoms with Crippen LogP contribution in [-0.4, -0.2) is 56.8 Å². The molecule has 3 heterocycles. The van der Waals surface area contributed by atoms with E-state index in [9.17, 15) is 8.42 Å². The van der Waals surface area contributed by atoms with Crippen molar-refractivity contribution in [3.05, 3.63) is 23.8 Å². The number of hydrogen-bond donors (Lipinski definition) is 1. The van der Waals surface area contributed by atoms with Gasteiger partial charge in [-0.05, 0) is 25.7 Å². The molecule has 142 valence electrons. The smallest absolute Gasteiger partial charge is 0.246 e. The Morgan fingerprint density at radius 1 is 1.15 bits per heavy atom. The predicted molar refractivity (Wildman–Crippen MR) is 97.2 cm³/mol. The van der Waals surface area contributed by atoms with Crippen molar-refractivity contribution in [2.75, 3.05) is 18.4 Å². The molecule has 1 aliphatic heterocycles. The van der Waals surface area contributed by atoms with Gasteiger partial charge in [0.15, 0.2) is 0 Å². The molecule has 0 spiro atoms. The van der Waals surface area contributed by atoms with Gasteiger partial charge in [-0.2, -0.15) is 14.5 Å². The van der Waals surface area contributed by atoms with Crippen LogP contribution in [0.2, 0.25) is 0 Å². The molecule has 9 nitrogen and oxygen atoms in total. The number of aromatic nitrogens is 5. The van der Waals surface area contributed by atoms with Crippen molar-refractivity contribution < 1.29 is 8.42 Å². The lowest BCUT2D eigenvalue weighted by molar-refractivity contribution is 0.329. The quantitative estimate of drug-likeness (QED) is 0.798. The van der Waals surface area contributed by atoms with Crippen molar-refractivity contribution in [2.45, 2.75) is 50.5 Å². The van der Waals surface area contributed by atoms with E-state index >= 15 is 0 Å². The Hall–Kier alpha value is -2.07. The molecule has 1 fully saturated rings. The summed E-state index contributed by atoms with van der Waals surface area (Å²) in [6, 6.07) is 0.134. The average molecular weight is 379 g/mol. The fourth-order valence-corrected chi connectivity index (χ4v) is 4.56. The highest BCUT2D eigenvalue weighted by Crippen LogP contribution is 2.21. The van der Waals surface area contributed by atoms with Gasteiger partial charge in [-0.15, -0.1) is 5.10 Å². The second kappa shape index (κ2) is 7.67. The highest BCUT2D eigenvalue weighted by Gasteiger charge is 2.30. The summed E-state index contributed by atoms with van der Waals surface area (Å²) < 4.78 is 28.3. The van der Waals surface area contributed by atoms with Crippen molar-refractivity contribution in [1.29, 1.82) is 0 Å². The summed E-state index contributed by atoms with van der Waals surface area (Å²) in [7, 11) is -1.77. The Balaban J connectivity index is 1.62. The molecular formula is C16H25N7O2S. The molecule has 0 saturated carbocycles. The van der Waals surface area contributed by atoms with E-state index in [1.165, 1.54) is 21.4 Å². The lowest BCUT2D eigenvalue weighted by Crippen LogP contribution is -2.42.